The molecule has 0 unspecified atom stereocenters. The molecule has 0 aliphatic heterocycles. The second-order valence-corrected chi connectivity index (χ2v) is 3.90. The fraction of sp³-hybridized carbons (Fsp3) is 0.200. The van der Waals surface area contributed by atoms with E-state index in [-0.39, 0.29) is 5.97 Å². The summed E-state index contributed by atoms with van der Waals surface area (Å²) in [6.07, 6.45) is 1.59. The van der Waals surface area contributed by atoms with E-state index in [1.54, 1.807) is 6.20 Å². The molecule has 0 aliphatic rings. The summed E-state index contributed by atoms with van der Waals surface area (Å²) < 4.78 is 5.52. The van der Waals surface area contributed by atoms with Gasteiger partial charge in [0.25, 0.3) is 5.19 Å². The lowest BCUT2D eigenvalue weighted by Gasteiger charge is -1.90. The first-order valence-electron chi connectivity index (χ1n) is 2.48. The topological polar surface area (TPSA) is 39.2 Å². The Balaban J connectivity index is 2.67. The molecular weight excluding hydrogens is 218 g/mol. The van der Waals surface area contributed by atoms with Crippen LogP contribution in [0.15, 0.2) is 9.98 Å². The minimum Gasteiger partial charge on any atom is -0.398 e. The van der Waals surface area contributed by atoms with Crippen LogP contribution in [0.5, 0.6) is 5.19 Å². The summed E-state index contributed by atoms with van der Waals surface area (Å²) in [7, 11) is 0. The van der Waals surface area contributed by atoms with Crippen molar-refractivity contribution < 1.29 is 9.53 Å². The minimum absolute atomic E-state index is 0.346. The minimum atomic E-state index is -0.346. The molecule has 10 heavy (non-hydrogen) atoms. The zero-order valence-electron chi connectivity index (χ0n) is 5.13. The Hall–Kier alpha value is -0.420. The van der Waals surface area contributed by atoms with Crippen molar-refractivity contribution in [1.29, 1.82) is 0 Å². The number of hydrogen-bond acceptors (Lipinski definition) is 4. The van der Waals surface area contributed by atoms with Crippen molar-refractivity contribution >= 4 is 33.2 Å². The van der Waals surface area contributed by atoms with Crippen molar-refractivity contribution in [3.63, 3.8) is 0 Å². The molecule has 0 fully saturated rings. The quantitative estimate of drug-likeness (QED) is 0.680. The average Bonchev–Trinajstić information content (AvgIpc) is 2.13. The molecule has 0 aromatic carbocycles. The number of halogens is 1. The Morgan fingerprint density at radius 3 is 3.00 bits per heavy atom. The zero-order chi connectivity index (χ0) is 7.56. The molecule has 0 amide bonds. The Bertz CT molecular complexity index is 248. The van der Waals surface area contributed by atoms with E-state index in [1.807, 2.05) is 0 Å². The predicted octanol–water partition coefficient (Wildman–Crippen LogP) is 1.83. The highest BCUT2D eigenvalue weighted by Crippen LogP contribution is 2.24. The highest BCUT2D eigenvalue weighted by atomic mass is 79.9. The lowest BCUT2D eigenvalue weighted by atomic mass is 10.8. The normalized spacial score (nSPS) is 9.40. The molecule has 0 spiro atoms. The van der Waals surface area contributed by atoms with Crippen LogP contribution in [-0.4, -0.2) is 11.0 Å². The van der Waals surface area contributed by atoms with E-state index in [4.69, 9.17) is 0 Å². The maximum absolute atomic E-state index is 10.4. The fourth-order valence-electron chi connectivity index (χ4n) is 0.410. The van der Waals surface area contributed by atoms with E-state index in [9.17, 15) is 4.79 Å². The number of carbonyl (C=O) groups excluding carboxylic acids is 1. The SMILES string of the molecule is CC(=O)Oc1ncc(Br)s1. The highest BCUT2D eigenvalue weighted by Gasteiger charge is 2.01. The van der Waals surface area contributed by atoms with Crippen LogP contribution in [0, 0.1) is 0 Å². The summed E-state index contributed by atoms with van der Waals surface area (Å²) in [4.78, 5) is 14.1. The number of ether oxygens (including phenoxy) is 1. The van der Waals surface area contributed by atoms with Gasteiger partial charge >= 0.3 is 5.97 Å². The number of rotatable bonds is 1. The summed E-state index contributed by atoms with van der Waals surface area (Å²) in [5.41, 5.74) is 0. The monoisotopic (exact) mass is 221 g/mol. The van der Waals surface area contributed by atoms with Crippen LogP contribution < -0.4 is 4.74 Å². The summed E-state index contributed by atoms with van der Waals surface area (Å²) >= 11 is 4.47. The number of esters is 1. The van der Waals surface area contributed by atoms with Crippen LogP contribution >= 0.6 is 27.3 Å². The number of aromatic nitrogens is 1. The van der Waals surface area contributed by atoms with Crippen molar-refractivity contribution in [1.82, 2.24) is 4.98 Å². The summed E-state index contributed by atoms with van der Waals surface area (Å²) in [5, 5.41) is 0.374. The number of nitrogens with zero attached hydrogens (tertiary/aromatic N) is 1. The van der Waals surface area contributed by atoms with E-state index < -0.39 is 0 Å². The summed E-state index contributed by atoms with van der Waals surface area (Å²) in [5.74, 6) is -0.346. The maximum Gasteiger partial charge on any atom is 0.309 e. The van der Waals surface area contributed by atoms with Crippen molar-refractivity contribution in [3.05, 3.63) is 9.98 Å². The van der Waals surface area contributed by atoms with Gasteiger partial charge in [0.05, 0.1) is 9.98 Å². The molecule has 1 aromatic heterocycles. The van der Waals surface area contributed by atoms with Gasteiger partial charge in [-0.05, 0) is 15.9 Å². The third kappa shape index (κ3) is 2.07. The maximum atomic E-state index is 10.4. The molecule has 0 saturated heterocycles. The van der Waals surface area contributed by atoms with Crippen LogP contribution in [0.4, 0.5) is 0 Å². The van der Waals surface area contributed by atoms with E-state index in [1.165, 1.54) is 18.3 Å². The first kappa shape index (κ1) is 7.68. The molecule has 0 aliphatic carbocycles. The standard InChI is InChI=1S/C5H4BrNO2S/c1-3(8)9-5-7-2-4(6)10-5/h2H,1H3. The van der Waals surface area contributed by atoms with Gasteiger partial charge in [0.1, 0.15) is 0 Å². The average molecular weight is 222 g/mol. The first-order valence-corrected chi connectivity index (χ1v) is 4.09. The third-order valence-electron chi connectivity index (χ3n) is 0.687. The Morgan fingerprint density at radius 1 is 1.90 bits per heavy atom. The van der Waals surface area contributed by atoms with Crippen molar-refractivity contribution in [2.75, 3.05) is 0 Å². The predicted molar refractivity (Wildman–Crippen MR) is 41.1 cm³/mol. The van der Waals surface area contributed by atoms with E-state index in [0.29, 0.717) is 5.19 Å². The number of carbonyl (C=O) groups is 1. The van der Waals surface area contributed by atoms with Gasteiger partial charge in [-0.2, -0.15) is 0 Å². The molecule has 1 aromatic rings. The van der Waals surface area contributed by atoms with Gasteiger partial charge in [-0.15, -0.1) is 0 Å². The number of hydrogen-bond donors (Lipinski definition) is 0. The molecule has 0 atom stereocenters. The summed E-state index contributed by atoms with van der Waals surface area (Å²) in [6, 6.07) is 0. The Morgan fingerprint density at radius 2 is 2.60 bits per heavy atom. The molecule has 54 valence electrons. The third-order valence-corrected chi connectivity index (χ3v) is 2.04. The van der Waals surface area contributed by atoms with E-state index in [0.717, 1.165) is 3.79 Å². The van der Waals surface area contributed by atoms with Crippen molar-refractivity contribution in [2.24, 2.45) is 0 Å². The van der Waals surface area contributed by atoms with Crippen LogP contribution in [0.25, 0.3) is 0 Å². The lowest BCUT2D eigenvalue weighted by molar-refractivity contribution is -0.131. The Kier molecular flexibility index (Phi) is 2.39. The van der Waals surface area contributed by atoms with Crippen molar-refractivity contribution in [2.45, 2.75) is 6.92 Å². The molecule has 0 bridgehead atoms. The van der Waals surface area contributed by atoms with Gasteiger partial charge in [-0.1, -0.05) is 11.3 Å². The molecule has 3 nitrogen and oxygen atoms in total. The van der Waals surface area contributed by atoms with Gasteiger partial charge in [0.15, 0.2) is 0 Å². The van der Waals surface area contributed by atoms with E-state index in [2.05, 4.69) is 25.7 Å². The number of thiazole rings is 1. The molecule has 5 heteroatoms. The van der Waals surface area contributed by atoms with Gasteiger partial charge < -0.3 is 4.74 Å². The lowest BCUT2D eigenvalue weighted by Crippen LogP contribution is -2.00. The Labute approximate surface area is 70.2 Å². The molecule has 1 rings (SSSR count). The molecule has 1 heterocycles. The smallest absolute Gasteiger partial charge is 0.309 e. The second kappa shape index (κ2) is 3.12. The van der Waals surface area contributed by atoms with Crippen LogP contribution in [-0.2, 0) is 4.79 Å². The molecule has 0 N–H and O–H groups in total. The zero-order valence-corrected chi connectivity index (χ0v) is 7.53. The fourth-order valence-corrected chi connectivity index (χ4v) is 1.46. The second-order valence-electron chi connectivity index (χ2n) is 1.52. The van der Waals surface area contributed by atoms with Crippen molar-refractivity contribution in [3.8, 4) is 5.19 Å². The summed E-state index contributed by atoms with van der Waals surface area (Å²) in [6.45, 7) is 1.34. The molecule has 0 saturated carbocycles. The first-order chi connectivity index (χ1) is 4.68. The van der Waals surface area contributed by atoms with Gasteiger partial charge in [-0.3, -0.25) is 4.79 Å². The molecular formula is C5H4BrNO2S. The van der Waals surface area contributed by atoms with Crippen LogP contribution in [0.3, 0.4) is 0 Å². The van der Waals surface area contributed by atoms with Crippen LogP contribution in [0.1, 0.15) is 6.92 Å². The van der Waals surface area contributed by atoms with E-state index >= 15 is 0 Å². The van der Waals surface area contributed by atoms with Gasteiger partial charge in [0.2, 0.25) is 0 Å². The molecule has 0 radical (unpaired) electrons. The van der Waals surface area contributed by atoms with Gasteiger partial charge in [-0.25, -0.2) is 4.98 Å². The largest absolute Gasteiger partial charge is 0.398 e. The highest BCUT2D eigenvalue weighted by molar-refractivity contribution is 9.11. The van der Waals surface area contributed by atoms with Gasteiger partial charge in [0, 0.05) is 6.92 Å². The van der Waals surface area contributed by atoms with Crippen LogP contribution in [0.2, 0.25) is 0 Å².